The van der Waals surface area contributed by atoms with E-state index < -0.39 is 12.1 Å². The molecular weight excluding hydrogens is 266 g/mol. The summed E-state index contributed by atoms with van der Waals surface area (Å²) >= 11 is 0. The van der Waals surface area contributed by atoms with Gasteiger partial charge in [-0.25, -0.2) is 0 Å². The zero-order valence-corrected chi connectivity index (χ0v) is 11.9. The highest BCUT2D eigenvalue weighted by atomic mass is 16.6. The molecule has 4 heteroatoms. The van der Waals surface area contributed by atoms with Crippen LogP contribution < -0.4 is 10.8 Å². The van der Waals surface area contributed by atoms with Crippen molar-refractivity contribution >= 4 is 5.97 Å². The SMILES string of the molecule is C[C@H]([NH3+])c1ccccc1.O=C([O-])[C@@H]1O[C@H]1c1ccccc1. The second-order valence-corrected chi connectivity index (χ2v) is 5.02. The Balaban J connectivity index is 0.000000161. The second kappa shape index (κ2) is 7.02. The molecule has 1 aliphatic heterocycles. The van der Waals surface area contributed by atoms with E-state index in [2.05, 4.69) is 24.8 Å². The fourth-order valence-corrected chi connectivity index (χ4v) is 1.97. The average Bonchev–Trinajstić information content (AvgIpc) is 3.30. The van der Waals surface area contributed by atoms with E-state index in [1.807, 2.05) is 48.5 Å². The van der Waals surface area contributed by atoms with Crippen LogP contribution in [0.3, 0.4) is 0 Å². The summed E-state index contributed by atoms with van der Waals surface area (Å²) in [5.74, 6) is -1.14. The number of ether oxygens (including phenoxy) is 1. The van der Waals surface area contributed by atoms with Gasteiger partial charge in [0, 0.05) is 5.56 Å². The lowest BCUT2D eigenvalue weighted by molar-refractivity contribution is -0.420. The van der Waals surface area contributed by atoms with Gasteiger partial charge >= 0.3 is 0 Å². The Bertz CT molecular complexity index is 569. The third kappa shape index (κ3) is 4.41. The summed E-state index contributed by atoms with van der Waals surface area (Å²) in [5, 5.41) is 10.3. The quantitative estimate of drug-likeness (QED) is 0.850. The minimum absolute atomic E-state index is 0.295. The molecule has 0 saturated carbocycles. The number of benzene rings is 2. The van der Waals surface area contributed by atoms with E-state index in [1.54, 1.807) is 0 Å². The summed E-state index contributed by atoms with van der Waals surface area (Å²) in [7, 11) is 0. The van der Waals surface area contributed by atoms with Crippen molar-refractivity contribution in [1.82, 2.24) is 0 Å². The zero-order valence-electron chi connectivity index (χ0n) is 11.9. The second-order valence-electron chi connectivity index (χ2n) is 5.02. The van der Waals surface area contributed by atoms with Crippen molar-refractivity contribution in [3.05, 3.63) is 71.8 Å². The van der Waals surface area contributed by atoms with Gasteiger partial charge in [-0.3, -0.25) is 0 Å². The van der Waals surface area contributed by atoms with Crippen LogP contribution in [0.4, 0.5) is 0 Å². The third-order valence-electron chi connectivity index (χ3n) is 3.22. The number of hydrogen-bond acceptors (Lipinski definition) is 3. The molecule has 3 rings (SSSR count). The molecule has 3 atom stereocenters. The molecule has 4 nitrogen and oxygen atoms in total. The lowest BCUT2D eigenvalue weighted by Gasteiger charge is -1.98. The van der Waals surface area contributed by atoms with Crippen molar-refractivity contribution in [2.75, 3.05) is 0 Å². The van der Waals surface area contributed by atoms with Crippen LogP contribution in [0.25, 0.3) is 0 Å². The molecule has 0 bridgehead atoms. The molecule has 0 amide bonds. The number of rotatable bonds is 3. The van der Waals surface area contributed by atoms with Crippen LogP contribution in [0.5, 0.6) is 0 Å². The van der Waals surface area contributed by atoms with Crippen LogP contribution in [-0.4, -0.2) is 12.1 Å². The zero-order chi connectivity index (χ0) is 15.2. The van der Waals surface area contributed by atoms with Crippen LogP contribution in [0.2, 0.25) is 0 Å². The first-order chi connectivity index (χ1) is 10.1. The predicted octanol–water partition coefficient (Wildman–Crippen LogP) is 0.866. The van der Waals surface area contributed by atoms with Crippen LogP contribution in [0.1, 0.15) is 30.2 Å². The van der Waals surface area contributed by atoms with Crippen molar-refractivity contribution in [2.45, 2.75) is 25.2 Å². The van der Waals surface area contributed by atoms with Gasteiger partial charge < -0.3 is 20.4 Å². The van der Waals surface area contributed by atoms with E-state index in [-0.39, 0.29) is 6.10 Å². The first-order valence-corrected chi connectivity index (χ1v) is 6.89. The number of carbonyl (C=O) groups is 1. The molecule has 0 aliphatic carbocycles. The molecule has 1 saturated heterocycles. The van der Waals surface area contributed by atoms with Gasteiger partial charge in [-0.15, -0.1) is 0 Å². The van der Waals surface area contributed by atoms with Crippen LogP contribution in [0.15, 0.2) is 60.7 Å². The van der Waals surface area contributed by atoms with Gasteiger partial charge in [-0.2, -0.15) is 0 Å². The number of carboxylic acids is 1. The first-order valence-electron chi connectivity index (χ1n) is 6.89. The minimum Gasteiger partial charge on any atom is -0.547 e. The Morgan fingerprint density at radius 2 is 1.62 bits per heavy atom. The Morgan fingerprint density at radius 1 is 1.10 bits per heavy atom. The Kier molecular flexibility index (Phi) is 5.09. The van der Waals surface area contributed by atoms with Crippen molar-refractivity contribution in [3.63, 3.8) is 0 Å². The number of hydrogen-bond donors (Lipinski definition) is 1. The lowest BCUT2D eigenvalue weighted by Crippen LogP contribution is -2.51. The van der Waals surface area contributed by atoms with Crippen molar-refractivity contribution in [2.24, 2.45) is 0 Å². The molecular formula is C17H19NO3. The normalized spacial score (nSPS) is 20.9. The summed E-state index contributed by atoms with van der Waals surface area (Å²) in [6.07, 6.45) is -1.04. The molecule has 21 heavy (non-hydrogen) atoms. The molecule has 1 aliphatic rings. The lowest BCUT2D eigenvalue weighted by atomic mass is 10.1. The summed E-state index contributed by atoms with van der Waals surface area (Å²) in [5.41, 5.74) is 6.11. The van der Waals surface area contributed by atoms with Gasteiger partial charge in [0.25, 0.3) is 0 Å². The molecule has 0 spiro atoms. The van der Waals surface area contributed by atoms with Crippen molar-refractivity contribution in [1.29, 1.82) is 0 Å². The summed E-state index contributed by atoms with van der Waals surface area (Å²) in [6.45, 7) is 2.09. The molecule has 1 heterocycles. The molecule has 2 aromatic carbocycles. The van der Waals surface area contributed by atoms with Gasteiger partial charge in [0.15, 0.2) is 0 Å². The van der Waals surface area contributed by atoms with Gasteiger partial charge in [-0.1, -0.05) is 60.7 Å². The van der Waals surface area contributed by atoms with E-state index in [0.29, 0.717) is 6.04 Å². The molecule has 2 aromatic rings. The summed E-state index contributed by atoms with van der Waals surface area (Å²) in [6, 6.07) is 20.0. The van der Waals surface area contributed by atoms with Crippen molar-refractivity contribution < 1.29 is 20.4 Å². The predicted molar refractivity (Wildman–Crippen MR) is 76.8 cm³/mol. The average molecular weight is 285 g/mol. The number of aliphatic carboxylic acids is 1. The van der Waals surface area contributed by atoms with Gasteiger partial charge in [0.05, 0.1) is 5.97 Å². The van der Waals surface area contributed by atoms with Crippen LogP contribution in [0, 0.1) is 0 Å². The minimum atomic E-state index is -1.14. The molecule has 3 N–H and O–H groups in total. The fraction of sp³-hybridized carbons (Fsp3) is 0.235. The van der Waals surface area contributed by atoms with Crippen molar-refractivity contribution in [3.8, 4) is 0 Å². The highest BCUT2D eigenvalue weighted by Gasteiger charge is 2.40. The van der Waals surface area contributed by atoms with E-state index >= 15 is 0 Å². The fourth-order valence-electron chi connectivity index (χ4n) is 1.97. The van der Waals surface area contributed by atoms with Crippen LogP contribution >= 0.6 is 0 Å². The Hall–Kier alpha value is -2.17. The molecule has 0 radical (unpaired) electrons. The maximum atomic E-state index is 10.3. The first kappa shape index (κ1) is 15.2. The van der Waals surface area contributed by atoms with Gasteiger partial charge in [0.1, 0.15) is 18.2 Å². The maximum absolute atomic E-state index is 10.3. The third-order valence-corrected chi connectivity index (χ3v) is 3.22. The Morgan fingerprint density at radius 3 is 2.00 bits per heavy atom. The summed E-state index contributed by atoms with van der Waals surface area (Å²) in [4.78, 5) is 10.3. The number of carboxylic acid groups (broad SMARTS) is 1. The topological polar surface area (TPSA) is 80.3 Å². The molecule has 110 valence electrons. The van der Waals surface area contributed by atoms with E-state index in [4.69, 9.17) is 4.74 Å². The highest BCUT2D eigenvalue weighted by Crippen LogP contribution is 2.37. The molecule has 0 unspecified atom stereocenters. The van der Waals surface area contributed by atoms with Gasteiger partial charge in [0.2, 0.25) is 0 Å². The van der Waals surface area contributed by atoms with Gasteiger partial charge in [-0.05, 0) is 12.5 Å². The van der Waals surface area contributed by atoms with E-state index in [9.17, 15) is 9.90 Å². The number of carbonyl (C=O) groups excluding carboxylic acids is 1. The number of quaternary nitrogens is 1. The van der Waals surface area contributed by atoms with E-state index in [1.165, 1.54) is 5.56 Å². The van der Waals surface area contributed by atoms with Crippen LogP contribution in [-0.2, 0) is 9.53 Å². The highest BCUT2D eigenvalue weighted by molar-refractivity contribution is 5.74. The maximum Gasteiger partial charge on any atom is 0.128 e. The summed E-state index contributed by atoms with van der Waals surface area (Å²) < 4.78 is 4.90. The smallest absolute Gasteiger partial charge is 0.128 e. The Labute approximate surface area is 124 Å². The standard InChI is InChI=1S/C9H8O3.C8H11N/c10-9(11)8-7(12-8)6-4-2-1-3-5-6;1-7(9)8-5-3-2-4-6-8/h1-5,7-8H,(H,10,11);2-7H,9H2,1H3/t7-,8+;7-/m00/s1. The molecule has 0 aromatic heterocycles. The largest absolute Gasteiger partial charge is 0.547 e. The number of epoxide rings is 1. The monoisotopic (exact) mass is 285 g/mol. The van der Waals surface area contributed by atoms with E-state index in [0.717, 1.165) is 5.56 Å². The molecule has 1 fully saturated rings.